The van der Waals surface area contributed by atoms with Crippen molar-refractivity contribution in [2.75, 3.05) is 18.4 Å². The lowest BCUT2D eigenvalue weighted by Gasteiger charge is -2.32. The zero-order chi connectivity index (χ0) is 16.8. The Morgan fingerprint density at radius 2 is 1.96 bits per heavy atom. The molecule has 5 nitrogen and oxygen atoms in total. The number of aliphatic carboxylic acids is 1. The number of amides is 1. The molecule has 1 saturated heterocycles. The van der Waals surface area contributed by atoms with Crippen molar-refractivity contribution in [3.63, 3.8) is 0 Å². The van der Waals surface area contributed by atoms with Crippen molar-refractivity contribution < 1.29 is 23.5 Å². The summed E-state index contributed by atoms with van der Waals surface area (Å²) in [4.78, 5) is 25.3. The van der Waals surface area contributed by atoms with Gasteiger partial charge in [-0.05, 0) is 43.7 Å². The Morgan fingerprint density at radius 1 is 1.29 bits per heavy atom. The number of alkyl halides is 2. The maximum Gasteiger partial charge on any atom is 0.320 e. The standard InChI is InChI=1S/C15H18F2N2O3S.ClH/c16-15(17)23-11-6-4-10(5-7-11)18-13(20)9-19-8-2-1-3-12(19)14(21)22;/h4-7,12,15H,1-3,8-9H2,(H,18,20)(H,21,22);1H. The summed E-state index contributed by atoms with van der Waals surface area (Å²) in [5, 5.41) is 11.8. The van der Waals surface area contributed by atoms with E-state index in [4.69, 9.17) is 0 Å². The topological polar surface area (TPSA) is 69.6 Å². The summed E-state index contributed by atoms with van der Waals surface area (Å²) < 4.78 is 24.5. The van der Waals surface area contributed by atoms with E-state index in [1.807, 2.05) is 0 Å². The molecule has 1 unspecified atom stereocenters. The summed E-state index contributed by atoms with van der Waals surface area (Å²) in [6.45, 7) is 0.582. The molecule has 1 aliphatic heterocycles. The summed E-state index contributed by atoms with van der Waals surface area (Å²) in [6.07, 6.45) is 2.26. The molecule has 1 heterocycles. The van der Waals surface area contributed by atoms with Crippen LogP contribution in [0.15, 0.2) is 29.2 Å². The Hall–Kier alpha value is -1.38. The van der Waals surface area contributed by atoms with Gasteiger partial charge in [0.1, 0.15) is 6.04 Å². The number of thioether (sulfide) groups is 1. The van der Waals surface area contributed by atoms with Crippen LogP contribution in [0, 0.1) is 0 Å². The number of likely N-dealkylation sites (tertiary alicyclic amines) is 1. The Kier molecular flexibility index (Phi) is 8.44. The number of nitrogens with zero attached hydrogens (tertiary/aromatic N) is 1. The van der Waals surface area contributed by atoms with Gasteiger partial charge in [-0.1, -0.05) is 18.2 Å². The second-order valence-corrected chi connectivity index (χ2v) is 6.33. The second kappa shape index (κ2) is 9.80. The Labute approximate surface area is 149 Å². The van der Waals surface area contributed by atoms with Crippen LogP contribution in [0.3, 0.4) is 0 Å². The van der Waals surface area contributed by atoms with Crippen LogP contribution in [0.1, 0.15) is 19.3 Å². The minimum absolute atomic E-state index is 0. The van der Waals surface area contributed by atoms with Crippen molar-refractivity contribution >= 4 is 41.7 Å². The van der Waals surface area contributed by atoms with Gasteiger partial charge in [-0.3, -0.25) is 14.5 Å². The highest BCUT2D eigenvalue weighted by Crippen LogP contribution is 2.26. The van der Waals surface area contributed by atoms with Crippen LogP contribution in [0.25, 0.3) is 0 Å². The molecule has 0 saturated carbocycles. The second-order valence-electron chi connectivity index (χ2n) is 5.27. The quantitative estimate of drug-likeness (QED) is 0.741. The number of carbonyl (C=O) groups excluding carboxylic acids is 1. The largest absolute Gasteiger partial charge is 0.480 e. The van der Waals surface area contributed by atoms with E-state index < -0.39 is 17.8 Å². The van der Waals surface area contributed by atoms with Crippen LogP contribution in [0.5, 0.6) is 0 Å². The molecule has 1 fully saturated rings. The van der Waals surface area contributed by atoms with Crippen molar-refractivity contribution in [3.8, 4) is 0 Å². The molecule has 0 aliphatic carbocycles. The molecule has 1 atom stereocenters. The molecule has 1 aliphatic rings. The van der Waals surface area contributed by atoms with Crippen molar-refractivity contribution in [1.82, 2.24) is 4.90 Å². The molecule has 134 valence electrons. The van der Waals surface area contributed by atoms with Crippen LogP contribution in [-0.2, 0) is 9.59 Å². The molecule has 1 amide bonds. The number of rotatable bonds is 6. The van der Waals surface area contributed by atoms with Crippen molar-refractivity contribution in [3.05, 3.63) is 24.3 Å². The number of carbonyl (C=O) groups is 2. The van der Waals surface area contributed by atoms with Gasteiger partial charge < -0.3 is 10.4 Å². The van der Waals surface area contributed by atoms with Crippen LogP contribution in [0.2, 0.25) is 0 Å². The van der Waals surface area contributed by atoms with E-state index in [0.717, 1.165) is 12.8 Å². The average Bonchev–Trinajstić information content (AvgIpc) is 2.49. The molecule has 0 spiro atoms. The van der Waals surface area contributed by atoms with Crippen LogP contribution >= 0.6 is 24.2 Å². The number of hydrogen-bond acceptors (Lipinski definition) is 4. The lowest BCUT2D eigenvalue weighted by molar-refractivity contribution is -0.145. The highest BCUT2D eigenvalue weighted by atomic mass is 35.5. The number of halogens is 3. The van der Waals surface area contributed by atoms with E-state index in [1.165, 1.54) is 12.1 Å². The molecule has 2 N–H and O–H groups in total. The molecule has 2 rings (SSSR count). The van der Waals surface area contributed by atoms with Crippen molar-refractivity contribution in [2.24, 2.45) is 0 Å². The zero-order valence-electron chi connectivity index (χ0n) is 12.8. The molecule has 0 bridgehead atoms. The lowest BCUT2D eigenvalue weighted by atomic mass is 10.0. The summed E-state index contributed by atoms with van der Waals surface area (Å²) in [5.74, 6) is -3.71. The summed E-state index contributed by atoms with van der Waals surface area (Å²) in [7, 11) is 0. The van der Waals surface area contributed by atoms with E-state index in [1.54, 1.807) is 17.0 Å². The van der Waals surface area contributed by atoms with Gasteiger partial charge in [0.2, 0.25) is 5.91 Å². The number of carboxylic acids is 1. The molecule has 1 aromatic rings. The minimum atomic E-state index is -2.48. The van der Waals surface area contributed by atoms with Crippen LogP contribution < -0.4 is 5.32 Å². The fourth-order valence-corrected chi connectivity index (χ4v) is 3.06. The lowest BCUT2D eigenvalue weighted by Crippen LogP contribution is -2.47. The molecule has 24 heavy (non-hydrogen) atoms. The first kappa shape index (κ1) is 20.7. The maximum atomic E-state index is 12.2. The molecule has 1 aromatic carbocycles. The van der Waals surface area contributed by atoms with Crippen LogP contribution in [-0.4, -0.2) is 46.8 Å². The van der Waals surface area contributed by atoms with Gasteiger partial charge in [0.05, 0.1) is 6.54 Å². The Bertz CT molecular complexity index is 560. The third-order valence-electron chi connectivity index (χ3n) is 3.61. The molecule has 9 heteroatoms. The number of anilines is 1. The smallest absolute Gasteiger partial charge is 0.320 e. The fraction of sp³-hybridized carbons (Fsp3) is 0.467. The first-order chi connectivity index (χ1) is 11.0. The van der Waals surface area contributed by atoms with Gasteiger partial charge in [-0.15, -0.1) is 12.4 Å². The first-order valence-electron chi connectivity index (χ1n) is 7.27. The van der Waals surface area contributed by atoms with Gasteiger partial charge in [-0.25, -0.2) is 0 Å². The third-order valence-corrected chi connectivity index (χ3v) is 4.33. The zero-order valence-corrected chi connectivity index (χ0v) is 14.4. The maximum absolute atomic E-state index is 12.2. The number of piperidine rings is 1. The Morgan fingerprint density at radius 3 is 2.54 bits per heavy atom. The van der Waals surface area contributed by atoms with E-state index in [9.17, 15) is 23.5 Å². The van der Waals surface area contributed by atoms with Gasteiger partial charge >= 0.3 is 5.97 Å². The summed E-state index contributed by atoms with van der Waals surface area (Å²) in [6, 6.07) is 5.49. The normalized spacial score (nSPS) is 18.0. The number of nitrogens with one attached hydrogen (secondary N) is 1. The van der Waals surface area contributed by atoms with Gasteiger partial charge in [-0.2, -0.15) is 8.78 Å². The molecular formula is C15H19ClF2N2O3S. The van der Waals surface area contributed by atoms with E-state index >= 15 is 0 Å². The van der Waals surface area contributed by atoms with Gasteiger partial charge in [0.15, 0.2) is 0 Å². The van der Waals surface area contributed by atoms with E-state index in [-0.39, 0.29) is 24.9 Å². The van der Waals surface area contributed by atoms with Gasteiger partial charge in [0, 0.05) is 10.6 Å². The summed E-state index contributed by atoms with van der Waals surface area (Å²) >= 11 is 0.438. The fourth-order valence-electron chi connectivity index (χ4n) is 2.56. The van der Waals surface area contributed by atoms with E-state index in [2.05, 4.69) is 5.32 Å². The minimum Gasteiger partial charge on any atom is -0.480 e. The average molecular weight is 381 g/mol. The van der Waals surface area contributed by atoms with Crippen molar-refractivity contribution in [1.29, 1.82) is 0 Å². The molecule has 0 aromatic heterocycles. The van der Waals surface area contributed by atoms with Crippen molar-refractivity contribution in [2.45, 2.75) is 36.0 Å². The third kappa shape index (κ3) is 6.26. The number of hydrogen-bond donors (Lipinski definition) is 2. The summed E-state index contributed by atoms with van der Waals surface area (Å²) in [5.41, 5.74) is 0.498. The first-order valence-corrected chi connectivity index (χ1v) is 8.15. The number of carboxylic acid groups (broad SMARTS) is 1. The number of benzene rings is 1. The van der Waals surface area contributed by atoms with Crippen LogP contribution in [0.4, 0.5) is 14.5 Å². The Balaban J connectivity index is 0.00000288. The predicted octanol–water partition coefficient (Wildman–Crippen LogP) is 3.30. The van der Waals surface area contributed by atoms with Gasteiger partial charge in [0.25, 0.3) is 5.76 Å². The monoisotopic (exact) mass is 380 g/mol. The molecule has 0 radical (unpaired) electrons. The molecular weight excluding hydrogens is 362 g/mol. The predicted molar refractivity (Wildman–Crippen MR) is 91.0 cm³/mol. The SMILES string of the molecule is Cl.O=C(CN1CCCCC1C(=O)O)Nc1ccc(SC(F)F)cc1. The highest BCUT2D eigenvalue weighted by molar-refractivity contribution is 7.99. The highest BCUT2D eigenvalue weighted by Gasteiger charge is 2.29. The van der Waals surface area contributed by atoms with E-state index in [0.29, 0.717) is 35.3 Å².